The number of nitrogens with two attached hydrogens (primary N) is 1. The standard InChI is InChI=1S/C19H30Cl2F6N2/c20-16-2-1-12(7-17(16)21)13(3-4-28)10-29-9-11-5-14(18(22,23)24)8-15(6-11)19(25,26)27/h11-17,29H,1-10,28H2/t11?,12?,13?,14?,15?,16?,17-/m0/s1. The largest absolute Gasteiger partial charge is 0.391 e. The molecule has 0 bridgehead atoms. The van der Waals surface area contributed by atoms with E-state index >= 15 is 0 Å². The fraction of sp³-hybridized carbons (Fsp3) is 1.00. The van der Waals surface area contributed by atoms with Gasteiger partial charge in [-0.3, -0.25) is 0 Å². The van der Waals surface area contributed by atoms with Crippen molar-refractivity contribution in [3.05, 3.63) is 0 Å². The Kier molecular flexibility index (Phi) is 9.26. The zero-order valence-corrected chi connectivity index (χ0v) is 17.7. The second-order valence-corrected chi connectivity index (χ2v) is 9.77. The van der Waals surface area contributed by atoms with E-state index in [4.69, 9.17) is 28.9 Å². The van der Waals surface area contributed by atoms with Crippen LogP contribution in [0.25, 0.3) is 0 Å². The van der Waals surface area contributed by atoms with E-state index < -0.39 is 36.5 Å². The number of rotatable bonds is 7. The molecule has 10 heteroatoms. The molecule has 2 nitrogen and oxygen atoms in total. The van der Waals surface area contributed by atoms with Gasteiger partial charge in [-0.05, 0) is 82.3 Å². The smallest absolute Gasteiger partial charge is 0.330 e. The molecule has 0 saturated heterocycles. The Hall–Kier alpha value is 0.0800. The third kappa shape index (κ3) is 7.62. The minimum atomic E-state index is -4.60. The summed E-state index contributed by atoms with van der Waals surface area (Å²) in [6, 6.07) is 0. The highest BCUT2D eigenvalue weighted by atomic mass is 35.5. The van der Waals surface area contributed by atoms with Gasteiger partial charge >= 0.3 is 12.4 Å². The fourth-order valence-corrected chi connectivity index (χ4v) is 5.45. The van der Waals surface area contributed by atoms with E-state index in [1.54, 1.807) is 0 Å². The molecule has 2 saturated carbocycles. The average Bonchev–Trinajstić information content (AvgIpc) is 2.61. The summed E-state index contributed by atoms with van der Waals surface area (Å²) in [4.78, 5) is 0. The highest BCUT2D eigenvalue weighted by Gasteiger charge is 2.51. The van der Waals surface area contributed by atoms with Crippen LogP contribution in [0.1, 0.15) is 44.9 Å². The zero-order valence-electron chi connectivity index (χ0n) is 16.2. The van der Waals surface area contributed by atoms with Crippen LogP contribution < -0.4 is 11.1 Å². The lowest BCUT2D eigenvalue weighted by molar-refractivity contribution is -0.228. The van der Waals surface area contributed by atoms with Gasteiger partial charge in [0.05, 0.1) is 17.2 Å². The molecule has 2 rings (SSSR count). The van der Waals surface area contributed by atoms with Gasteiger partial charge in [-0.25, -0.2) is 0 Å². The zero-order chi connectivity index (χ0) is 21.8. The summed E-state index contributed by atoms with van der Waals surface area (Å²) < 4.78 is 78.7. The number of hydrogen-bond acceptors (Lipinski definition) is 2. The van der Waals surface area contributed by atoms with Crippen LogP contribution in [0.3, 0.4) is 0 Å². The highest BCUT2D eigenvalue weighted by Crippen LogP contribution is 2.47. The molecular formula is C19H30Cl2F6N2. The van der Waals surface area contributed by atoms with Crippen molar-refractivity contribution >= 4 is 23.2 Å². The van der Waals surface area contributed by atoms with Crippen molar-refractivity contribution in [2.24, 2.45) is 35.3 Å². The van der Waals surface area contributed by atoms with Gasteiger partial charge in [0.1, 0.15) is 0 Å². The maximum Gasteiger partial charge on any atom is 0.391 e. The van der Waals surface area contributed by atoms with E-state index in [1.807, 2.05) is 0 Å². The van der Waals surface area contributed by atoms with Crippen LogP contribution in [0.15, 0.2) is 0 Å². The summed E-state index contributed by atoms with van der Waals surface area (Å²) in [5, 5.41) is 2.94. The topological polar surface area (TPSA) is 38.0 Å². The molecule has 2 aliphatic rings. The molecule has 0 aromatic rings. The normalized spacial score (nSPS) is 35.5. The molecule has 29 heavy (non-hydrogen) atoms. The van der Waals surface area contributed by atoms with Crippen LogP contribution in [-0.2, 0) is 0 Å². The van der Waals surface area contributed by atoms with Crippen LogP contribution in [0, 0.1) is 29.6 Å². The van der Waals surface area contributed by atoms with Crippen molar-refractivity contribution in [3.63, 3.8) is 0 Å². The van der Waals surface area contributed by atoms with Crippen molar-refractivity contribution < 1.29 is 26.3 Å². The van der Waals surface area contributed by atoms with Crippen molar-refractivity contribution in [2.45, 2.75) is 68.1 Å². The fourth-order valence-electron chi connectivity index (χ4n) is 4.87. The van der Waals surface area contributed by atoms with E-state index in [0.29, 0.717) is 19.0 Å². The first-order valence-electron chi connectivity index (χ1n) is 10.2. The van der Waals surface area contributed by atoms with E-state index in [2.05, 4.69) is 5.32 Å². The van der Waals surface area contributed by atoms with Gasteiger partial charge in [0.2, 0.25) is 0 Å². The predicted octanol–water partition coefficient (Wildman–Crippen LogP) is 5.71. The van der Waals surface area contributed by atoms with Gasteiger partial charge in [-0.1, -0.05) is 0 Å². The molecule has 0 aliphatic heterocycles. The molecule has 0 aromatic carbocycles. The first kappa shape index (κ1) is 25.3. The molecule has 0 spiro atoms. The number of hydrogen-bond donors (Lipinski definition) is 2. The lowest BCUT2D eigenvalue weighted by atomic mass is 9.74. The maximum atomic E-state index is 13.1. The lowest BCUT2D eigenvalue weighted by Crippen LogP contribution is -2.42. The Balaban J connectivity index is 1.91. The summed E-state index contributed by atoms with van der Waals surface area (Å²) in [6.07, 6.45) is -7.40. The molecule has 6 atom stereocenters. The summed E-state index contributed by atoms with van der Waals surface area (Å²) in [7, 11) is 0. The maximum absolute atomic E-state index is 13.1. The van der Waals surface area contributed by atoms with E-state index in [9.17, 15) is 26.3 Å². The predicted molar refractivity (Wildman–Crippen MR) is 103 cm³/mol. The van der Waals surface area contributed by atoms with Crippen LogP contribution in [0.4, 0.5) is 26.3 Å². The molecule has 5 unspecified atom stereocenters. The van der Waals surface area contributed by atoms with E-state index in [1.165, 1.54) is 0 Å². The quantitative estimate of drug-likeness (QED) is 0.369. The van der Waals surface area contributed by atoms with Crippen LogP contribution in [-0.4, -0.2) is 42.7 Å². The monoisotopic (exact) mass is 470 g/mol. The van der Waals surface area contributed by atoms with Crippen molar-refractivity contribution in [2.75, 3.05) is 19.6 Å². The van der Waals surface area contributed by atoms with Gasteiger partial charge in [0, 0.05) is 5.38 Å². The molecule has 0 heterocycles. The molecular weight excluding hydrogens is 441 g/mol. The lowest BCUT2D eigenvalue weighted by Gasteiger charge is -2.38. The number of nitrogens with one attached hydrogen (secondary N) is 1. The first-order chi connectivity index (χ1) is 13.4. The number of alkyl halides is 8. The second-order valence-electron chi connectivity index (χ2n) is 8.65. The Morgan fingerprint density at radius 1 is 0.862 bits per heavy atom. The van der Waals surface area contributed by atoms with Crippen molar-refractivity contribution in [1.29, 1.82) is 0 Å². The third-order valence-corrected chi connectivity index (χ3v) is 7.64. The molecule has 2 fully saturated rings. The summed E-state index contributed by atoms with van der Waals surface area (Å²) >= 11 is 12.4. The molecule has 3 N–H and O–H groups in total. The minimum Gasteiger partial charge on any atom is -0.330 e. The Labute approximate surface area is 178 Å². The van der Waals surface area contributed by atoms with Gasteiger partial charge in [0.25, 0.3) is 0 Å². The molecule has 2 aliphatic carbocycles. The van der Waals surface area contributed by atoms with Gasteiger partial charge < -0.3 is 11.1 Å². The molecule has 172 valence electrons. The first-order valence-corrected chi connectivity index (χ1v) is 11.1. The van der Waals surface area contributed by atoms with Crippen LogP contribution in [0.5, 0.6) is 0 Å². The second kappa shape index (κ2) is 10.6. The number of halogens is 8. The SMILES string of the molecule is NCCC(CNCC1CC(C(F)(F)F)CC(C(F)(F)F)C1)C1CCC(Cl)[C@@H](Cl)C1. The summed E-state index contributed by atoms with van der Waals surface area (Å²) in [5.74, 6) is -3.96. The van der Waals surface area contributed by atoms with Gasteiger partial charge in [-0.2, -0.15) is 26.3 Å². The Morgan fingerprint density at radius 2 is 1.45 bits per heavy atom. The third-order valence-electron chi connectivity index (χ3n) is 6.51. The van der Waals surface area contributed by atoms with Crippen molar-refractivity contribution in [1.82, 2.24) is 5.32 Å². The van der Waals surface area contributed by atoms with Gasteiger partial charge in [0.15, 0.2) is 0 Å². The minimum absolute atomic E-state index is 0.0692. The summed E-state index contributed by atoms with van der Waals surface area (Å²) in [5.41, 5.74) is 5.71. The molecule has 0 aromatic heterocycles. The Bertz CT molecular complexity index is 480. The van der Waals surface area contributed by atoms with Crippen LogP contribution >= 0.6 is 23.2 Å². The molecule has 0 radical (unpaired) electrons. The van der Waals surface area contributed by atoms with Gasteiger partial charge in [-0.15, -0.1) is 23.2 Å². The van der Waals surface area contributed by atoms with E-state index in [0.717, 1.165) is 25.7 Å². The van der Waals surface area contributed by atoms with E-state index in [-0.39, 0.29) is 36.1 Å². The average molecular weight is 471 g/mol. The van der Waals surface area contributed by atoms with Crippen molar-refractivity contribution in [3.8, 4) is 0 Å². The van der Waals surface area contributed by atoms with Crippen LogP contribution in [0.2, 0.25) is 0 Å². The highest BCUT2D eigenvalue weighted by molar-refractivity contribution is 6.30. The summed E-state index contributed by atoms with van der Waals surface area (Å²) in [6.45, 7) is 1.13. The molecule has 0 amide bonds. The Morgan fingerprint density at radius 3 is 1.93 bits per heavy atom.